The number of para-hydroxylation sites is 1. The number of hydrogen-bond donors (Lipinski definition) is 3. The Kier molecular flexibility index (Phi) is 7.45. The van der Waals surface area contributed by atoms with E-state index in [4.69, 9.17) is 4.98 Å². The zero-order valence-electron chi connectivity index (χ0n) is 23.5. The van der Waals surface area contributed by atoms with E-state index < -0.39 is 15.7 Å². The zero-order chi connectivity index (χ0) is 30.1. The highest BCUT2D eigenvalue weighted by Gasteiger charge is 2.17. The van der Waals surface area contributed by atoms with Crippen LogP contribution in [0.1, 0.15) is 25.3 Å². The van der Waals surface area contributed by atoms with Crippen molar-refractivity contribution in [3.05, 3.63) is 78.5 Å². The molecule has 0 bridgehead atoms. The van der Waals surface area contributed by atoms with E-state index >= 15 is 0 Å². The summed E-state index contributed by atoms with van der Waals surface area (Å²) in [5.41, 5.74) is 6.51. The van der Waals surface area contributed by atoms with Gasteiger partial charge in [-0.15, -0.1) is 0 Å². The normalized spacial score (nSPS) is 11.8. The Labute approximate surface area is 246 Å². The number of hydrogen-bond acceptors (Lipinski definition) is 7. The molecule has 0 saturated heterocycles. The van der Waals surface area contributed by atoms with E-state index in [9.17, 15) is 17.6 Å². The predicted octanol–water partition coefficient (Wildman–Crippen LogP) is 5.70. The number of aromatic amines is 2. The monoisotopic (exact) mass is 597 g/mol. The number of imidazole rings is 1. The van der Waals surface area contributed by atoms with E-state index in [1.54, 1.807) is 24.7 Å². The second-order valence-electron chi connectivity index (χ2n) is 10.5. The third-order valence-electron chi connectivity index (χ3n) is 7.01. The molecular formula is C31H28FN7O3S. The summed E-state index contributed by atoms with van der Waals surface area (Å²) in [4.78, 5) is 29.1. The quantitative estimate of drug-likeness (QED) is 0.194. The Morgan fingerprint density at radius 3 is 2.70 bits per heavy atom. The summed E-state index contributed by atoms with van der Waals surface area (Å²) in [7, 11) is -3.19. The standard InChI is InChI=1S/C31H28FN7O3S/c1-3-5-28(40)35-22-13-20(15-33-16-22)26-14-24-27(17-34-26)38-39-30(24)31-36-25-7-4-6-23(29(25)37-31)19-10-18(11-21(32)12-19)8-9-43(2,41)42/h4,6-7,10-17H,3,5,8-9H2,1-2H3,(H,35,40)(H,36,37)(H,38,39). The van der Waals surface area contributed by atoms with Crippen molar-refractivity contribution >= 4 is 43.4 Å². The Bertz CT molecular complexity index is 2100. The number of sulfone groups is 1. The lowest BCUT2D eigenvalue weighted by atomic mass is 10.0. The van der Waals surface area contributed by atoms with Crippen LogP contribution in [-0.4, -0.2) is 56.5 Å². The number of carbonyl (C=O) groups is 1. The van der Waals surface area contributed by atoms with Crippen molar-refractivity contribution in [2.45, 2.75) is 26.2 Å². The number of carbonyl (C=O) groups excluding carboxylic acids is 1. The first-order valence-corrected chi connectivity index (χ1v) is 15.8. The van der Waals surface area contributed by atoms with Gasteiger partial charge in [0.1, 0.15) is 21.3 Å². The summed E-state index contributed by atoms with van der Waals surface area (Å²) in [6.07, 6.45) is 7.51. The van der Waals surface area contributed by atoms with Gasteiger partial charge in [0.15, 0.2) is 5.82 Å². The number of aryl methyl sites for hydroxylation is 1. The minimum absolute atomic E-state index is 0.0659. The molecule has 10 nitrogen and oxygen atoms in total. The second-order valence-corrected chi connectivity index (χ2v) is 12.7. The number of pyridine rings is 2. The van der Waals surface area contributed by atoms with E-state index in [0.717, 1.165) is 22.9 Å². The van der Waals surface area contributed by atoms with E-state index in [2.05, 4.69) is 30.5 Å². The van der Waals surface area contributed by atoms with Gasteiger partial charge < -0.3 is 10.3 Å². The Morgan fingerprint density at radius 2 is 1.88 bits per heavy atom. The molecule has 0 fully saturated rings. The SMILES string of the molecule is CCCC(=O)Nc1cncc(-c2cc3c(-c4nc5c(-c6cc(F)cc(CCS(C)(=O)=O)c6)cccc5[nH]4)n[nH]c3cn2)c1. The predicted molar refractivity (Wildman–Crippen MR) is 165 cm³/mol. The zero-order valence-corrected chi connectivity index (χ0v) is 24.3. The molecule has 3 N–H and O–H groups in total. The molecule has 4 aromatic heterocycles. The first-order valence-electron chi connectivity index (χ1n) is 13.7. The van der Waals surface area contributed by atoms with Gasteiger partial charge in [-0.05, 0) is 54.3 Å². The number of rotatable bonds is 9. The van der Waals surface area contributed by atoms with Gasteiger partial charge in [-0.25, -0.2) is 17.8 Å². The van der Waals surface area contributed by atoms with Crippen molar-refractivity contribution in [1.29, 1.82) is 0 Å². The lowest BCUT2D eigenvalue weighted by Crippen LogP contribution is -2.10. The molecule has 12 heteroatoms. The molecule has 0 aliphatic rings. The minimum atomic E-state index is -3.19. The number of fused-ring (bicyclic) bond motifs is 2. The van der Waals surface area contributed by atoms with Crippen LogP contribution in [0.4, 0.5) is 10.1 Å². The van der Waals surface area contributed by atoms with Crippen molar-refractivity contribution in [3.63, 3.8) is 0 Å². The van der Waals surface area contributed by atoms with E-state index in [-0.39, 0.29) is 18.1 Å². The summed E-state index contributed by atoms with van der Waals surface area (Å²) in [5.74, 6) is -0.0766. The van der Waals surface area contributed by atoms with Gasteiger partial charge in [-0.1, -0.05) is 25.1 Å². The Hall–Kier alpha value is -4.97. The number of nitrogens with one attached hydrogen (secondary N) is 3. The number of amides is 1. The summed E-state index contributed by atoms with van der Waals surface area (Å²) in [6.45, 7) is 1.95. The van der Waals surface area contributed by atoms with Gasteiger partial charge in [-0.3, -0.25) is 19.9 Å². The summed E-state index contributed by atoms with van der Waals surface area (Å²) >= 11 is 0. The van der Waals surface area contributed by atoms with Gasteiger partial charge in [0, 0.05) is 35.4 Å². The first kappa shape index (κ1) is 28.2. The molecule has 0 aliphatic heterocycles. The van der Waals surface area contributed by atoms with Crippen molar-refractivity contribution in [2.75, 3.05) is 17.3 Å². The number of H-pyrrole nitrogens is 2. The summed E-state index contributed by atoms with van der Waals surface area (Å²) in [6, 6.07) is 13.9. The summed E-state index contributed by atoms with van der Waals surface area (Å²) in [5, 5.41) is 11.1. The smallest absolute Gasteiger partial charge is 0.224 e. The first-order chi connectivity index (χ1) is 20.7. The van der Waals surface area contributed by atoms with Crippen LogP contribution < -0.4 is 5.32 Å². The van der Waals surface area contributed by atoms with Crippen LogP contribution in [0.2, 0.25) is 0 Å². The second kappa shape index (κ2) is 11.4. The lowest BCUT2D eigenvalue weighted by Gasteiger charge is -2.07. The van der Waals surface area contributed by atoms with Crippen molar-refractivity contribution < 1.29 is 17.6 Å². The molecule has 218 valence electrons. The highest BCUT2D eigenvalue weighted by atomic mass is 32.2. The van der Waals surface area contributed by atoms with Crippen LogP contribution in [0.25, 0.3) is 55.8 Å². The lowest BCUT2D eigenvalue weighted by molar-refractivity contribution is -0.116. The van der Waals surface area contributed by atoms with E-state index in [1.807, 2.05) is 37.3 Å². The number of anilines is 1. The Balaban J connectivity index is 1.37. The Morgan fingerprint density at radius 1 is 1.02 bits per heavy atom. The minimum Gasteiger partial charge on any atom is -0.337 e. The largest absolute Gasteiger partial charge is 0.337 e. The average molecular weight is 598 g/mol. The molecule has 2 aromatic carbocycles. The average Bonchev–Trinajstić information content (AvgIpc) is 3.59. The molecule has 0 saturated carbocycles. The molecule has 0 atom stereocenters. The maximum Gasteiger partial charge on any atom is 0.224 e. The van der Waals surface area contributed by atoms with Crippen LogP contribution in [0.15, 0.2) is 67.1 Å². The van der Waals surface area contributed by atoms with Crippen molar-refractivity contribution in [1.82, 2.24) is 30.1 Å². The highest BCUT2D eigenvalue weighted by Crippen LogP contribution is 2.33. The van der Waals surface area contributed by atoms with Crippen LogP contribution in [0, 0.1) is 5.82 Å². The van der Waals surface area contributed by atoms with Crippen LogP contribution in [0.3, 0.4) is 0 Å². The van der Waals surface area contributed by atoms with E-state index in [0.29, 0.717) is 57.0 Å². The fraction of sp³-hybridized carbons (Fsp3) is 0.194. The fourth-order valence-corrected chi connectivity index (χ4v) is 5.59. The van der Waals surface area contributed by atoms with Gasteiger partial charge >= 0.3 is 0 Å². The van der Waals surface area contributed by atoms with Gasteiger partial charge in [0.2, 0.25) is 5.91 Å². The number of aromatic nitrogens is 6. The topological polar surface area (TPSA) is 146 Å². The van der Waals surface area contributed by atoms with Crippen molar-refractivity contribution in [2.24, 2.45) is 0 Å². The van der Waals surface area contributed by atoms with Crippen LogP contribution >= 0.6 is 0 Å². The van der Waals surface area contributed by atoms with E-state index in [1.165, 1.54) is 18.4 Å². The molecule has 6 aromatic rings. The maximum absolute atomic E-state index is 14.6. The molecule has 0 aliphatic carbocycles. The molecule has 4 heterocycles. The summed E-state index contributed by atoms with van der Waals surface area (Å²) < 4.78 is 37.9. The molecular weight excluding hydrogens is 569 g/mol. The molecule has 43 heavy (non-hydrogen) atoms. The third kappa shape index (κ3) is 6.14. The molecule has 0 radical (unpaired) electrons. The number of benzene rings is 2. The third-order valence-corrected chi connectivity index (χ3v) is 7.95. The van der Waals surface area contributed by atoms with Gasteiger partial charge in [0.25, 0.3) is 0 Å². The molecule has 1 amide bonds. The van der Waals surface area contributed by atoms with Crippen LogP contribution in [-0.2, 0) is 21.1 Å². The number of halogens is 1. The number of nitrogens with zero attached hydrogens (tertiary/aromatic N) is 4. The van der Waals surface area contributed by atoms with Crippen molar-refractivity contribution in [3.8, 4) is 33.9 Å². The van der Waals surface area contributed by atoms with Gasteiger partial charge in [0.05, 0.1) is 46.1 Å². The van der Waals surface area contributed by atoms with Gasteiger partial charge in [-0.2, -0.15) is 5.10 Å². The maximum atomic E-state index is 14.6. The molecule has 0 unspecified atom stereocenters. The fourth-order valence-electron chi connectivity index (χ4n) is 4.98. The highest BCUT2D eigenvalue weighted by molar-refractivity contribution is 7.90. The molecule has 6 rings (SSSR count). The van der Waals surface area contributed by atoms with Crippen LogP contribution in [0.5, 0.6) is 0 Å². The molecule has 0 spiro atoms.